The lowest BCUT2D eigenvalue weighted by atomic mass is 10.0. The Kier molecular flexibility index (Phi) is 60.2. The largest absolute Gasteiger partial charge is 0.462 e. The van der Waals surface area contributed by atoms with E-state index in [2.05, 4.69) is 81.5 Å². The summed E-state index contributed by atoms with van der Waals surface area (Å²) in [5, 5.41) is 0. The number of unbranched alkanes of at least 4 members (excludes halogenated alkanes) is 38. The normalized spacial score (nSPS) is 12.4. The molecule has 0 heterocycles. The monoisotopic (exact) mass is 1030 g/mol. The van der Waals surface area contributed by atoms with Crippen LogP contribution in [0, 0.1) is 0 Å². The van der Waals surface area contributed by atoms with Gasteiger partial charge in [-0.25, -0.2) is 0 Å². The molecule has 0 radical (unpaired) electrons. The first-order valence-corrected chi connectivity index (χ1v) is 32.3. The van der Waals surface area contributed by atoms with E-state index >= 15 is 0 Å². The van der Waals surface area contributed by atoms with Crippen LogP contribution in [0.3, 0.4) is 0 Å². The average Bonchev–Trinajstić information content (AvgIpc) is 3.40. The molecule has 0 N–H and O–H groups in total. The van der Waals surface area contributed by atoms with E-state index in [1.54, 1.807) is 0 Å². The summed E-state index contributed by atoms with van der Waals surface area (Å²) in [6, 6.07) is 0. The molecule has 0 fully saturated rings. The van der Waals surface area contributed by atoms with E-state index in [1.807, 2.05) is 0 Å². The van der Waals surface area contributed by atoms with Crippen molar-refractivity contribution < 1.29 is 28.6 Å². The van der Waals surface area contributed by atoms with Gasteiger partial charge in [0, 0.05) is 19.3 Å². The molecule has 6 heteroatoms. The Balaban J connectivity index is 4.12. The summed E-state index contributed by atoms with van der Waals surface area (Å²) in [7, 11) is 0. The molecule has 0 aliphatic carbocycles. The van der Waals surface area contributed by atoms with Crippen molar-refractivity contribution in [3.8, 4) is 0 Å². The van der Waals surface area contributed by atoms with E-state index in [0.717, 1.165) is 116 Å². The zero-order chi connectivity index (χ0) is 53.6. The van der Waals surface area contributed by atoms with Crippen LogP contribution in [-0.2, 0) is 28.6 Å². The van der Waals surface area contributed by atoms with Gasteiger partial charge in [-0.2, -0.15) is 0 Å². The first-order chi connectivity index (χ1) is 36.5. The number of hydrogen-bond acceptors (Lipinski definition) is 6. The second-order valence-electron chi connectivity index (χ2n) is 21.6. The van der Waals surface area contributed by atoms with Crippen molar-refractivity contribution >= 4 is 17.9 Å². The quantitative estimate of drug-likeness (QED) is 0.0261. The number of allylic oxidation sites excluding steroid dienone is 10. The maximum atomic E-state index is 12.8. The number of esters is 3. The second-order valence-corrected chi connectivity index (χ2v) is 21.6. The van der Waals surface area contributed by atoms with Gasteiger partial charge in [0.25, 0.3) is 0 Å². The molecule has 0 saturated heterocycles. The van der Waals surface area contributed by atoms with Crippen molar-refractivity contribution in [3.05, 3.63) is 60.8 Å². The number of ether oxygens (including phenoxy) is 3. The van der Waals surface area contributed by atoms with Crippen molar-refractivity contribution in [2.24, 2.45) is 0 Å². The van der Waals surface area contributed by atoms with Crippen LogP contribution in [0.25, 0.3) is 0 Å². The highest BCUT2D eigenvalue weighted by Gasteiger charge is 2.19. The third-order valence-corrected chi connectivity index (χ3v) is 14.2. The third-order valence-electron chi connectivity index (χ3n) is 14.2. The van der Waals surface area contributed by atoms with Crippen LogP contribution >= 0.6 is 0 Å². The van der Waals surface area contributed by atoms with Gasteiger partial charge in [-0.15, -0.1) is 0 Å². The van der Waals surface area contributed by atoms with E-state index in [1.165, 1.54) is 180 Å². The Morgan fingerprint density at radius 1 is 0.284 bits per heavy atom. The van der Waals surface area contributed by atoms with Gasteiger partial charge in [-0.05, 0) is 77.0 Å². The summed E-state index contributed by atoms with van der Waals surface area (Å²) < 4.78 is 16.8. The summed E-state index contributed by atoms with van der Waals surface area (Å²) in [4.78, 5) is 38.2. The van der Waals surface area contributed by atoms with E-state index in [0.29, 0.717) is 19.3 Å². The Morgan fingerprint density at radius 2 is 0.554 bits per heavy atom. The van der Waals surface area contributed by atoms with Gasteiger partial charge in [-0.3, -0.25) is 14.4 Å². The Morgan fingerprint density at radius 3 is 0.892 bits per heavy atom. The van der Waals surface area contributed by atoms with Gasteiger partial charge in [0.2, 0.25) is 0 Å². The number of hydrogen-bond donors (Lipinski definition) is 0. The van der Waals surface area contributed by atoms with Gasteiger partial charge in [0.15, 0.2) is 6.10 Å². The maximum Gasteiger partial charge on any atom is 0.306 e. The van der Waals surface area contributed by atoms with Crippen LogP contribution in [0.1, 0.15) is 335 Å². The molecule has 0 aliphatic heterocycles. The van der Waals surface area contributed by atoms with Gasteiger partial charge in [0.05, 0.1) is 0 Å². The Hall–Kier alpha value is -2.89. The molecule has 0 bridgehead atoms. The molecular formula is C68H122O6. The number of carbonyl (C=O) groups excluding carboxylic acids is 3. The van der Waals surface area contributed by atoms with Gasteiger partial charge in [0.1, 0.15) is 13.2 Å². The molecule has 1 atom stereocenters. The van der Waals surface area contributed by atoms with E-state index in [4.69, 9.17) is 14.2 Å². The average molecular weight is 1040 g/mol. The van der Waals surface area contributed by atoms with Crippen LogP contribution in [-0.4, -0.2) is 37.2 Å². The van der Waals surface area contributed by atoms with Gasteiger partial charge in [-0.1, -0.05) is 300 Å². The van der Waals surface area contributed by atoms with E-state index in [-0.39, 0.29) is 31.1 Å². The van der Waals surface area contributed by atoms with Crippen LogP contribution in [0.4, 0.5) is 0 Å². The topological polar surface area (TPSA) is 78.9 Å². The Labute approximate surface area is 460 Å². The standard InChI is InChI=1S/C68H122O6/c1-4-7-10-13-16-19-22-25-26-27-28-29-30-31-32-33-34-35-36-37-38-39-40-41-44-46-49-52-55-58-61-67(70)73-64-65(74-68(71)62-59-56-53-50-47-43-24-21-18-15-12-9-6-3)63-72-66(69)60-57-54-51-48-45-42-23-20-17-14-11-8-5-2/h9,11-12,14,18,20-21,23,43,47,65H,4-8,10,13,15-17,19,22,24-42,44-46,48-64H2,1-3H3/b12-9-,14-11-,21-18-,23-20-,47-43-. The van der Waals surface area contributed by atoms with Crippen molar-refractivity contribution in [1.29, 1.82) is 0 Å². The zero-order valence-corrected chi connectivity index (χ0v) is 49.4. The highest BCUT2D eigenvalue weighted by Crippen LogP contribution is 2.18. The molecule has 0 rings (SSSR count). The second kappa shape index (κ2) is 62.6. The van der Waals surface area contributed by atoms with Crippen molar-refractivity contribution in [3.63, 3.8) is 0 Å². The van der Waals surface area contributed by atoms with Crippen LogP contribution < -0.4 is 0 Å². The fourth-order valence-electron chi connectivity index (χ4n) is 9.44. The first kappa shape index (κ1) is 71.1. The highest BCUT2D eigenvalue weighted by atomic mass is 16.6. The minimum absolute atomic E-state index is 0.0882. The molecule has 6 nitrogen and oxygen atoms in total. The molecular weight excluding hydrogens is 913 g/mol. The van der Waals surface area contributed by atoms with Crippen molar-refractivity contribution in [1.82, 2.24) is 0 Å². The first-order valence-electron chi connectivity index (χ1n) is 32.3. The molecule has 430 valence electrons. The maximum absolute atomic E-state index is 12.8. The number of carbonyl (C=O) groups is 3. The molecule has 0 aromatic heterocycles. The predicted molar refractivity (Wildman–Crippen MR) is 321 cm³/mol. The lowest BCUT2D eigenvalue weighted by Gasteiger charge is -2.18. The fourth-order valence-corrected chi connectivity index (χ4v) is 9.44. The predicted octanol–water partition coefficient (Wildman–Crippen LogP) is 21.9. The molecule has 0 spiro atoms. The van der Waals surface area contributed by atoms with Crippen LogP contribution in [0.2, 0.25) is 0 Å². The summed E-state index contributed by atoms with van der Waals surface area (Å²) >= 11 is 0. The summed E-state index contributed by atoms with van der Waals surface area (Å²) in [6.45, 7) is 6.46. The van der Waals surface area contributed by atoms with Crippen LogP contribution in [0.5, 0.6) is 0 Å². The molecule has 74 heavy (non-hydrogen) atoms. The zero-order valence-electron chi connectivity index (χ0n) is 49.4. The van der Waals surface area contributed by atoms with Gasteiger partial charge < -0.3 is 14.2 Å². The SMILES string of the molecule is CC/C=C\C/C=C\C/C=C\CCCCCC(=O)OC(COC(=O)CCCCCCC/C=C\C/C=C\CCC)COC(=O)CCCCCCCCCCCCCCCCCCCCCCCCCCCCCCCC. The fraction of sp³-hybridized carbons (Fsp3) is 0.809. The summed E-state index contributed by atoms with van der Waals surface area (Å²) in [5.41, 5.74) is 0. The third kappa shape index (κ3) is 60.0. The van der Waals surface area contributed by atoms with Crippen molar-refractivity contribution in [2.45, 2.75) is 341 Å². The Bertz CT molecular complexity index is 1330. The molecule has 0 saturated carbocycles. The molecule has 1 unspecified atom stereocenters. The van der Waals surface area contributed by atoms with Crippen molar-refractivity contribution in [2.75, 3.05) is 13.2 Å². The van der Waals surface area contributed by atoms with Crippen LogP contribution in [0.15, 0.2) is 60.8 Å². The molecule has 0 amide bonds. The smallest absolute Gasteiger partial charge is 0.306 e. The summed E-state index contributed by atoms with van der Waals surface area (Å²) in [5.74, 6) is -0.919. The van der Waals surface area contributed by atoms with E-state index in [9.17, 15) is 14.4 Å². The molecule has 0 aliphatic rings. The lowest BCUT2D eigenvalue weighted by molar-refractivity contribution is -0.167. The molecule has 0 aromatic carbocycles. The molecule has 0 aromatic rings. The highest BCUT2D eigenvalue weighted by molar-refractivity contribution is 5.71. The van der Waals surface area contributed by atoms with Gasteiger partial charge >= 0.3 is 17.9 Å². The minimum Gasteiger partial charge on any atom is -0.462 e. The minimum atomic E-state index is -0.794. The lowest BCUT2D eigenvalue weighted by Crippen LogP contribution is -2.30. The van der Waals surface area contributed by atoms with E-state index < -0.39 is 6.10 Å². The summed E-state index contributed by atoms with van der Waals surface area (Å²) in [6.07, 6.45) is 79.8. The number of rotatable bonds is 59.